The van der Waals surface area contributed by atoms with Gasteiger partial charge in [-0.2, -0.15) is 0 Å². The summed E-state index contributed by atoms with van der Waals surface area (Å²) in [5.41, 5.74) is 0. The zero-order valence-corrected chi connectivity index (χ0v) is 11.2. The average Bonchev–Trinajstić information content (AvgIpc) is 2.85. The minimum absolute atomic E-state index is 0.941. The van der Waals surface area contributed by atoms with Gasteiger partial charge in [-0.15, -0.1) is 0 Å². The summed E-state index contributed by atoms with van der Waals surface area (Å²) in [7, 11) is 0. The Labute approximate surface area is 105 Å². The van der Waals surface area contributed by atoms with E-state index in [1.807, 2.05) is 12.1 Å². The van der Waals surface area contributed by atoms with Crippen molar-refractivity contribution in [2.45, 2.75) is 39.7 Å². The zero-order chi connectivity index (χ0) is 12.3. The van der Waals surface area contributed by atoms with Crippen LogP contribution in [0.25, 0.3) is 0 Å². The first kappa shape index (κ1) is 14.3. The SMILES string of the molecule is CCNCCCCCN(CC)Cc1ccco1. The second kappa shape index (κ2) is 9.25. The van der Waals surface area contributed by atoms with Crippen LogP contribution in [0.15, 0.2) is 22.8 Å². The first-order valence-electron chi connectivity index (χ1n) is 6.82. The number of hydrogen-bond donors (Lipinski definition) is 1. The van der Waals surface area contributed by atoms with Crippen LogP contribution < -0.4 is 5.32 Å². The number of rotatable bonds is 10. The number of nitrogens with zero attached hydrogens (tertiary/aromatic N) is 1. The summed E-state index contributed by atoms with van der Waals surface area (Å²) in [6, 6.07) is 4.01. The highest BCUT2D eigenvalue weighted by atomic mass is 16.3. The van der Waals surface area contributed by atoms with Crippen molar-refractivity contribution in [3.8, 4) is 0 Å². The minimum Gasteiger partial charge on any atom is -0.468 e. The molecule has 98 valence electrons. The second-order valence-electron chi connectivity index (χ2n) is 4.36. The van der Waals surface area contributed by atoms with E-state index in [4.69, 9.17) is 4.42 Å². The molecule has 0 aliphatic heterocycles. The van der Waals surface area contributed by atoms with Crippen LogP contribution in [0.1, 0.15) is 38.9 Å². The Morgan fingerprint density at radius 2 is 2.12 bits per heavy atom. The lowest BCUT2D eigenvalue weighted by atomic mass is 10.2. The maximum Gasteiger partial charge on any atom is 0.117 e. The van der Waals surface area contributed by atoms with Crippen molar-refractivity contribution in [2.24, 2.45) is 0 Å². The van der Waals surface area contributed by atoms with Crippen molar-refractivity contribution in [3.05, 3.63) is 24.2 Å². The van der Waals surface area contributed by atoms with E-state index in [0.717, 1.165) is 31.9 Å². The van der Waals surface area contributed by atoms with Crippen LogP contribution >= 0.6 is 0 Å². The molecule has 1 heterocycles. The third-order valence-electron chi connectivity index (χ3n) is 2.98. The molecule has 0 aromatic carbocycles. The minimum atomic E-state index is 0.941. The molecular weight excluding hydrogens is 212 g/mol. The molecule has 0 saturated heterocycles. The van der Waals surface area contributed by atoms with E-state index in [9.17, 15) is 0 Å². The molecule has 1 rings (SSSR count). The van der Waals surface area contributed by atoms with Gasteiger partial charge >= 0.3 is 0 Å². The highest BCUT2D eigenvalue weighted by Crippen LogP contribution is 2.06. The fourth-order valence-corrected chi connectivity index (χ4v) is 1.91. The summed E-state index contributed by atoms with van der Waals surface area (Å²) in [4.78, 5) is 2.44. The van der Waals surface area contributed by atoms with E-state index in [0.29, 0.717) is 0 Å². The van der Waals surface area contributed by atoms with Gasteiger partial charge in [-0.3, -0.25) is 4.90 Å². The molecular formula is C14H26N2O. The second-order valence-corrected chi connectivity index (χ2v) is 4.36. The summed E-state index contributed by atoms with van der Waals surface area (Å²) >= 11 is 0. The predicted molar refractivity (Wildman–Crippen MR) is 72.1 cm³/mol. The molecule has 0 bridgehead atoms. The van der Waals surface area contributed by atoms with E-state index in [1.165, 1.54) is 25.8 Å². The Hall–Kier alpha value is -0.800. The molecule has 17 heavy (non-hydrogen) atoms. The normalized spacial score (nSPS) is 11.2. The Morgan fingerprint density at radius 3 is 2.76 bits per heavy atom. The lowest BCUT2D eigenvalue weighted by Crippen LogP contribution is -2.24. The van der Waals surface area contributed by atoms with Gasteiger partial charge in [0.2, 0.25) is 0 Å². The largest absolute Gasteiger partial charge is 0.468 e. The van der Waals surface area contributed by atoms with E-state index >= 15 is 0 Å². The van der Waals surface area contributed by atoms with Crippen molar-refractivity contribution in [2.75, 3.05) is 26.2 Å². The quantitative estimate of drug-likeness (QED) is 0.635. The van der Waals surface area contributed by atoms with Gasteiger partial charge in [-0.25, -0.2) is 0 Å². The predicted octanol–water partition coefficient (Wildman–Crippen LogP) is 2.88. The lowest BCUT2D eigenvalue weighted by molar-refractivity contribution is 0.250. The smallest absolute Gasteiger partial charge is 0.117 e. The zero-order valence-electron chi connectivity index (χ0n) is 11.2. The summed E-state index contributed by atoms with van der Waals surface area (Å²) < 4.78 is 5.37. The molecule has 3 nitrogen and oxygen atoms in total. The maximum atomic E-state index is 5.37. The molecule has 0 radical (unpaired) electrons. The molecule has 0 aliphatic carbocycles. The first-order valence-corrected chi connectivity index (χ1v) is 6.82. The summed E-state index contributed by atoms with van der Waals surface area (Å²) in [5, 5.41) is 3.36. The Balaban J connectivity index is 2.06. The fourth-order valence-electron chi connectivity index (χ4n) is 1.91. The first-order chi connectivity index (χ1) is 8.36. The molecule has 1 aromatic rings. The van der Waals surface area contributed by atoms with Gasteiger partial charge in [-0.1, -0.05) is 20.3 Å². The molecule has 0 aliphatic rings. The third-order valence-corrected chi connectivity index (χ3v) is 2.98. The average molecular weight is 238 g/mol. The van der Waals surface area contributed by atoms with Crippen molar-refractivity contribution in [1.82, 2.24) is 10.2 Å². The van der Waals surface area contributed by atoms with Crippen LogP contribution in [0.3, 0.4) is 0 Å². The monoisotopic (exact) mass is 238 g/mol. The van der Waals surface area contributed by atoms with Crippen LogP contribution in [0.4, 0.5) is 0 Å². The van der Waals surface area contributed by atoms with Crippen LogP contribution in [-0.4, -0.2) is 31.1 Å². The molecule has 0 amide bonds. The Morgan fingerprint density at radius 1 is 1.24 bits per heavy atom. The van der Waals surface area contributed by atoms with Crippen molar-refractivity contribution < 1.29 is 4.42 Å². The molecule has 0 spiro atoms. The van der Waals surface area contributed by atoms with E-state index in [1.54, 1.807) is 6.26 Å². The van der Waals surface area contributed by atoms with E-state index in [2.05, 4.69) is 24.1 Å². The van der Waals surface area contributed by atoms with Crippen LogP contribution in [0.2, 0.25) is 0 Å². The summed E-state index contributed by atoms with van der Waals surface area (Å²) in [5.74, 6) is 1.07. The topological polar surface area (TPSA) is 28.4 Å². The van der Waals surface area contributed by atoms with Gasteiger partial charge in [0.15, 0.2) is 0 Å². The van der Waals surface area contributed by atoms with Gasteiger partial charge in [-0.05, 0) is 51.2 Å². The van der Waals surface area contributed by atoms with Gasteiger partial charge in [0, 0.05) is 0 Å². The molecule has 0 unspecified atom stereocenters. The van der Waals surface area contributed by atoms with E-state index < -0.39 is 0 Å². The van der Waals surface area contributed by atoms with Crippen LogP contribution in [0, 0.1) is 0 Å². The molecule has 1 aromatic heterocycles. The molecule has 0 atom stereocenters. The van der Waals surface area contributed by atoms with Crippen molar-refractivity contribution >= 4 is 0 Å². The highest BCUT2D eigenvalue weighted by molar-refractivity contribution is 4.97. The molecule has 0 fully saturated rings. The molecule has 0 saturated carbocycles. The molecule has 3 heteroatoms. The van der Waals surface area contributed by atoms with Crippen molar-refractivity contribution in [1.29, 1.82) is 0 Å². The Bertz CT molecular complexity index is 259. The number of unbranched alkanes of at least 4 members (excludes halogenated alkanes) is 2. The van der Waals surface area contributed by atoms with E-state index in [-0.39, 0.29) is 0 Å². The van der Waals surface area contributed by atoms with Crippen molar-refractivity contribution in [3.63, 3.8) is 0 Å². The summed E-state index contributed by atoms with van der Waals surface area (Å²) in [6.07, 6.45) is 5.62. The molecule has 1 N–H and O–H groups in total. The Kier molecular flexibility index (Phi) is 7.76. The fraction of sp³-hybridized carbons (Fsp3) is 0.714. The van der Waals surface area contributed by atoms with Crippen LogP contribution in [-0.2, 0) is 6.54 Å². The number of nitrogens with one attached hydrogen (secondary N) is 1. The standard InChI is InChI=1S/C14H26N2O/c1-3-15-10-6-5-7-11-16(4-2)13-14-9-8-12-17-14/h8-9,12,15H,3-7,10-11,13H2,1-2H3. The highest BCUT2D eigenvalue weighted by Gasteiger charge is 2.04. The third kappa shape index (κ3) is 6.49. The lowest BCUT2D eigenvalue weighted by Gasteiger charge is -2.18. The van der Waals surface area contributed by atoms with Gasteiger partial charge in [0.05, 0.1) is 12.8 Å². The van der Waals surface area contributed by atoms with Crippen LogP contribution in [0.5, 0.6) is 0 Å². The van der Waals surface area contributed by atoms with Gasteiger partial charge < -0.3 is 9.73 Å². The maximum absolute atomic E-state index is 5.37. The number of furan rings is 1. The number of hydrogen-bond acceptors (Lipinski definition) is 3. The van der Waals surface area contributed by atoms with Gasteiger partial charge in [0.1, 0.15) is 5.76 Å². The summed E-state index contributed by atoms with van der Waals surface area (Å²) in [6.45, 7) is 9.80. The van der Waals surface area contributed by atoms with Gasteiger partial charge in [0.25, 0.3) is 0 Å².